The largest absolute Gasteiger partial charge is 0.444 e. The molecule has 0 radical (unpaired) electrons. The van der Waals surface area contributed by atoms with E-state index in [1.165, 1.54) is 0 Å². The zero-order valence-electron chi connectivity index (χ0n) is 21.4. The highest BCUT2D eigenvalue weighted by molar-refractivity contribution is 5.83. The second-order valence-corrected chi connectivity index (χ2v) is 9.79. The number of hydrogen-bond donors (Lipinski definition) is 2. The molecule has 2 amide bonds. The molecule has 36 heavy (non-hydrogen) atoms. The van der Waals surface area contributed by atoms with E-state index in [4.69, 9.17) is 14.6 Å². The number of likely N-dealkylation sites (N-methyl/N-ethyl adjacent to an activating group) is 1. The number of rotatable bonds is 10. The molecule has 7 heteroatoms. The second-order valence-electron chi connectivity index (χ2n) is 9.79. The predicted molar refractivity (Wildman–Crippen MR) is 141 cm³/mol. The van der Waals surface area contributed by atoms with Gasteiger partial charge >= 0.3 is 6.09 Å². The monoisotopic (exact) mass is 492 g/mol. The highest BCUT2D eigenvalue weighted by atomic mass is 16.6. The quantitative estimate of drug-likeness (QED) is 0.430. The molecule has 0 aliphatic heterocycles. The molecule has 0 aliphatic carbocycles. The summed E-state index contributed by atoms with van der Waals surface area (Å²) in [6.45, 7) is 5.65. The SMILES string of the molecule is CN(C[C@H](c1ccc2ccccc2c1)[C@H](OCC(=O)NCCO)c1ccccc1)C(=O)OC(C)(C)C. The van der Waals surface area contributed by atoms with Crippen LogP contribution in [0.2, 0.25) is 0 Å². The summed E-state index contributed by atoms with van der Waals surface area (Å²) in [6.07, 6.45) is -0.946. The van der Waals surface area contributed by atoms with Crippen LogP contribution in [0.25, 0.3) is 10.8 Å². The lowest BCUT2D eigenvalue weighted by Crippen LogP contribution is -2.38. The standard InChI is InChI=1S/C29H36N2O5/c1-29(2,3)36-28(34)31(4)19-25(24-15-14-21-10-8-9-13-23(21)18-24)27(22-11-6-5-7-12-22)35-20-26(33)30-16-17-32/h5-15,18,25,27,32H,16-17,19-20H2,1-4H3,(H,30,33)/t25-,27-/m1/s1. The third-order valence-corrected chi connectivity index (χ3v) is 5.70. The Morgan fingerprint density at radius 2 is 1.61 bits per heavy atom. The maximum atomic E-state index is 12.9. The Morgan fingerprint density at radius 3 is 2.28 bits per heavy atom. The van der Waals surface area contributed by atoms with Crippen LogP contribution in [0.1, 0.15) is 43.9 Å². The molecule has 0 aromatic heterocycles. The van der Waals surface area contributed by atoms with Crippen LogP contribution in [0.15, 0.2) is 72.8 Å². The van der Waals surface area contributed by atoms with E-state index in [9.17, 15) is 9.59 Å². The highest BCUT2D eigenvalue weighted by Crippen LogP contribution is 2.36. The smallest absolute Gasteiger partial charge is 0.410 e. The van der Waals surface area contributed by atoms with Crippen molar-refractivity contribution in [3.63, 3.8) is 0 Å². The lowest BCUT2D eigenvalue weighted by molar-refractivity contribution is -0.128. The van der Waals surface area contributed by atoms with E-state index >= 15 is 0 Å². The van der Waals surface area contributed by atoms with Gasteiger partial charge in [0, 0.05) is 26.1 Å². The van der Waals surface area contributed by atoms with Crippen molar-refractivity contribution < 1.29 is 24.2 Å². The average molecular weight is 493 g/mol. The maximum absolute atomic E-state index is 12.9. The van der Waals surface area contributed by atoms with Gasteiger partial charge in [-0.05, 0) is 42.7 Å². The summed E-state index contributed by atoms with van der Waals surface area (Å²) in [5.74, 6) is -0.608. The Kier molecular flexibility index (Phi) is 9.44. The van der Waals surface area contributed by atoms with Gasteiger partial charge in [0.2, 0.25) is 5.91 Å². The first-order valence-corrected chi connectivity index (χ1v) is 12.1. The first-order valence-electron chi connectivity index (χ1n) is 12.1. The van der Waals surface area contributed by atoms with Gasteiger partial charge in [0.15, 0.2) is 0 Å². The van der Waals surface area contributed by atoms with Gasteiger partial charge in [-0.3, -0.25) is 4.79 Å². The summed E-state index contributed by atoms with van der Waals surface area (Å²) in [5, 5.41) is 13.8. The number of ether oxygens (including phenoxy) is 2. The van der Waals surface area contributed by atoms with Crippen molar-refractivity contribution >= 4 is 22.8 Å². The van der Waals surface area contributed by atoms with Crippen LogP contribution in [0, 0.1) is 0 Å². The first-order chi connectivity index (χ1) is 17.2. The van der Waals surface area contributed by atoms with Crippen LogP contribution < -0.4 is 5.32 Å². The summed E-state index contributed by atoms with van der Waals surface area (Å²) in [6, 6.07) is 24.0. The Morgan fingerprint density at radius 1 is 0.944 bits per heavy atom. The van der Waals surface area contributed by atoms with Crippen molar-refractivity contribution in [3.8, 4) is 0 Å². The number of fused-ring (bicyclic) bond motifs is 1. The minimum absolute atomic E-state index is 0.145. The third kappa shape index (κ3) is 7.80. The Bertz CT molecular complexity index is 1140. The van der Waals surface area contributed by atoms with Crippen LogP contribution in [0.4, 0.5) is 4.79 Å². The minimum Gasteiger partial charge on any atom is -0.444 e. The molecule has 0 bridgehead atoms. The van der Waals surface area contributed by atoms with Gasteiger partial charge < -0.3 is 24.8 Å². The average Bonchev–Trinajstić information content (AvgIpc) is 2.86. The lowest BCUT2D eigenvalue weighted by Gasteiger charge is -2.32. The van der Waals surface area contributed by atoms with E-state index in [1.54, 1.807) is 11.9 Å². The summed E-state index contributed by atoms with van der Waals surface area (Å²) < 4.78 is 11.8. The fourth-order valence-corrected chi connectivity index (χ4v) is 4.02. The lowest BCUT2D eigenvalue weighted by atomic mass is 9.87. The van der Waals surface area contributed by atoms with Crippen molar-refractivity contribution in [2.75, 3.05) is 33.4 Å². The van der Waals surface area contributed by atoms with Crippen LogP contribution in [0.3, 0.4) is 0 Å². The summed E-state index contributed by atoms with van der Waals surface area (Å²) >= 11 is 0. The number of carbonyl (C=O) groups is 2. The van der Waals surface area contributed by atoms with Crippen molar-refractivity contribution in [1.82, 2.24) is 10.2 Å². The van der Waals surface area contributed by atoms with E-state index in [1.807, 2.05) is 75.4 Å². The second kappa shape index (κ2) is 12.5. The molecule has 0 unspecified atom stereocenters. The van der Waals surface area contributed by atoms with Crippen molar-refractivity contribution in [1.29, 1.82) is 0 Å². The zero-order chi connectivity index (χ0) is 26.1. The van der Waals surface area contributed by atoms with E-state index in [0.29, 0.717) is 6.54 Å². The summed E-state index contributed by atoms with van der Waals surface area (Å²) in [5.41, 5.74) is 1.25. The van der Waals surface area contributed by atoms with Gasteiger partial charge in [0.25, 0.3) is 0 Å². The number of amides is 2. The van der Waals surface area contributed by atoms with Crippen LogP contribution in [-0.2, 0) is 14.3 Å². The number of hydrogen-bond acceptors (Lipinski definition) is 5. The summed E-state index contributed by atoms with van der Waals surface area (Å²) in [7, 11) is 1.71. The predicted octanol–water partition coefficient (Wildman–Crippen LogP) is 4.66. The number of nitrogens with zero attached hydrogens (tertiary/aromatic N) is 1. The van der Waals surface area contributed by atoms with Gasteiger partial charge in [-0.25, -0.2) is 4.79 Å². The van der Waals surface area contributed by atoms with Crippen molar-refractivity contribution in [3.05, 3.63) is 83.9 Å². The topological polar surface area (TPSA) is 88.1 Å². The van der Waals surface area contributed by atoms with Crippen LogP contribution in [0.5, 0.6) is 0 Å². The van der Waals surface area contributed by atoms with E-state index in [2.05, 4.69) is 23.5 Å². The van der Waals surface area contributed by atoms with Gasteiger partial charge in [-0.1, -0.05) is 72.8 Å². The minimum atomic E-state index is -0.621. The molecule has 2 atom stereocenters. The number of aliphatic hydroxyl groups excluding tert-OH is 1. The molecule has 0 saturated carbocycles. The molecular weight excluding hydrogens is 456 g/mol. The molecule has 0 saturated heterocycles. The number of benzene rings is 3. The van der Waals surface area contributed by atoms with E-state index in [-0.39, 0.29) is 31.6 Å². The Balaban J connectivity index is 1.99. The molecule has 0 fully saturated rings. The van der Waals surface area contributed by atoms with Gasteiger partial charge in [0.05, 0.1) is 12.7 Å². The maximum Gasteiger partial charge on any atom is 0.410 e. The molecule has 0 heterocycles. The van der Waals surface area contributed by atoms with Gasteiger partial charge in [-0.2, -0.15) is 0 Å². The van der Waals surface area contributed by atoms with Crippen molar-refractivity contribution in [2.24, 2.45) is 0 Å². The molecule has 7 nitrogen and oxygen atoms in total. The Hall–Kier alpha value is -3.42. The van der Waals surface area contributed by atoms with E-state index in [0.717, 1.165) is 21.9 Å². The normalized spacial score (nSPS) is 13.1. The zero-order valence-corrected chi connectivity index (χ0v) is 21.4. The van der Waals surface area contributed by atoms with Crippen molar-refractivity contribution in [2.45, 2.75) is 38.4 Å². The molecule has 3 rings (SSSR count). The summed E-state index contributed by atoms with van der Waals surface area (Å²) in [4.78, 5) is 26.7. The molecule has 0 spiro atoms. The molecular formula is C29H36N2O5. The van der Waals surface area contributed by atoms with Crippen LogP contribution >= 0.6 is 0 Å². The van der Waals surface area contributed by atoms with Crippen LogP contribution in [-0.4, -0.2) is 61.0 Å². The number of carbonyl (C=O) groups excluding carboxylic acids is 2. The molecule has 2 N–H and O–H groups in total. The Labute approximate surface area is 213 Å². The number of aliphatic hydroxyl groups is 1. The first kappa shape index (κ1) is 27.2. The fourth-order valence-electron chi connectivity index (χ4n) is 4.02. The molecule has 0 aliphatic rings. The number of nitrogens with one attached hydrogen (secondary N) is 1. The molecule has 192 valence electrons. The van der Waals surface area contributed by atoms with E-state index < -0.39 is 17.8 Å². The molecule has 3 aromatic carbocycles. The third-order valence-electron chi connectivity index (χ3n) is 5.70. The van der Waals surface area contributed by atoms with Gasteiger partial charge in [0.1, 0.15) is 12.2 Å². The highest BCUT2D eigenvalue weighted by Gasteiger charge is 2.30. The van der Waals surface area contributed by atoms with Gasteiger partial charge in [-0.15, -0.1) is 0 Å². The fraction of sp³-hybridized carbons (Fsp3) is 0.379. The molecule has 3 aromatic rings.